The minimum Gasteiger partial charge on any atom is -0.267 e. The van der Waals surface area contributed by atoms with Crippen LogP contribution in [0.1, 0.15) is 94.1 Å². The van der Waals surface area contributed by atoms with Gasteiger partial charge in [-0.05, 0) is 85.5 Å². The van der Waals surface area contributed by atoms with E-state index in [4.69, 9.17) is 0 Å². The van der Waals surface area contributed by atoms with Gasteiger partial charge in [-0.3, -0.25) is 9.59 Å². The normalized spacial score (nSPS) is 28.2. The number of hydrogen-bond donors (Lipinski definition) is 0. The molecule has 2 heterocycles. The molecule has 0 unspecified atom stereocenters. The highest BCUT2D eigenvalue weighted by Crippen LogP contribution is 2.71. The lowest BCUT2D eigenvalue weighted by Gasteiger charge is -2.11. The van der Waals surface area contributed by atoms with Gasteiger partial charge in [0, 0.05) is 22.3 Å². The van der Waals surface area contributed by atoms with Gasteiger partial charge < -0.3 is 0 Å². The van der Waals surface area contributed by atoms with E-state index in [0.29, 0.717) is 45.6 Å². The van der Waals surface area contributed by atoms with Gasteiger partial charge in [-0.25, -0.2) is 9.36 Å². The standard InChI is InChI=1S/C28H30N4O2/c1-13-21-19(11-17-23(21)27(17,3)4)31(29-13)25(33)15-7-9-16(10-8-15)26(34)32-20-12-18-24(28(18,5)6)22(20)14(2)30-32/h7-10,17-18,23-24H,11-12H2,1-6H3/t17-,18-,23+,24+/m1/s1. The Bertz CT molecular complexity index is 1330. The molecule has 1 aromatic carbocycles. The van der Waals surface area contributed by atoms with Crippen LogP contribution in [0.5, 0.6) is 0 Å². The average Bonchev–Trinajstić information content (AvgIpc) is 3.28. The first-order valence-electron chi connectivity index (χ1n) is 12.4. The van der Waals surface area contributed by atoms with Crippen LogP contribution in [-0.4, -0.2) is 31.4 Å². The van der Waals surface area contributed by atoms with Crippen molar-refractivity contribution in [1.82, 2.24) is 19.6 Å². The number of fused-ring (bicyclic) bond motifs is 6. The summed E-state index contributed by atoms with van der Waals surface area (Å²) >= 11 is 0. The summed E-state index contributed by atoms with van der Waals surface area (Å²) in [6, 6.07) is 6.98. The van der Waals surface area contributed by atoms with Crippen LogP contribution in [0.25, 0.3) is 0 Å². The van der Waals surface area contributed by atoms with Gasteiger partial charge in [-0.15, -0.1) is 0 Å². The Kier molecular flexibility index (Phi) is 3.57. The van der Waals surface area contributed by atoms with E-state index in [1.165, 1.54) is 11.1 Å². The lowest BCUT2D eigenvalue weighted by atomic mass is 9.98. The van der Waals surface area contributed by atoms with Crippen LogP contribution in [0.4, 0.5) is 0 Å². The molecule has 0 amide bonds. The number of aromatic nitrogens is 4. The molecule has 0 bridgehead atoms. The van der Waals surface area contributed by atoms with E-state index in [1.54, 1.807) is 33.6 Å². The molecule has 0 spiro atoms. The van der Waals surface area contributed by atoms with E-state index in [-0.39, 0.29) is 11.8 Å². The Balaban J connectivity index is 1.16. The van der Waals surface area contributed by atoms with Gasteiger partial charge in [0.25, 0.3) is 11.8 Å². The fourth-order valence-corrected chi connectivity index (χ4v) is 7.53. The maximum Gasteiger partial charge on any atom is 0.278 e. The van der Waals surface area contributed by atoms with E-state index >= 15 is 0 Å². The molecule has 0 saturated heterocycles. The molecule has 34 heavy (non-hydrogen) atoms. The van der Waals surface area contributed by atoms with Crippen molar-refractivity contribution in [2.75, 3.05) is 0 Å². The van der Waals surface area contributed by atoms with Gasteiger partial charge in [0.2, 0.25) is 0 Å². The summed E-state index contributed by atoms with van der Waals surface area (Å²) in [4.78, 5) is 26.6. The van der Waals surface area contributed by atoms with E-state index < -0.39 is 0 Å². The summed E-state index contributed by atoms with van der Waals surface area (Å²) in [6.45, 7) is 13.2. The highest BCUT2D eigenvalue weighted by atomic mass is 16.2. The van der Waals surface area contributed by atoms with Crippen molar-refractivity contribution >= 4 is 11.8 Å². The molecule has 3 aromatic rings. The minimum absolute atomic E-state index is 0.124. The molecule has 2 aromatic heterocycles. The Morgan fingerprint density at radius 3 is 1.44 bits per heavy atom. The molecule has 4 atom stereocenters. The number of carbonyl (C=O) groups is 2. The van der Waals surface area contributed by atoms with Crippen LogP contribution in [0.15, 0.2) is 24.3 Å². The maximum atomic E-state index is 13.3. The fraction of sp³-hybridized carbons (Fsp3) is 0.500. The predicted octanol–water partition coefficient (Wildman–Crippen LogP) is 4.66. The quantitative estimate of drug-likeness (QED) is 0.565. The molecule has 2 saturated carbocycles. The first-order valence-corrected chi connectivity index (χ1v) is 12.4. The summed E-state index contributed by atoms with van der Waals surface area (Å²) in [5.41, 5.74) is 8.36. The second-order valence-electron chi connectivity index (χ2n) is 12.1. The molecule has 0 radical (unpaired) electrons. The van der Waals surface area contributed by atoms with Crippen LogP contribution in [0.2, 0.25) is 0 Å². The maximum absolute atomic E-state index is 13.3. The highest BCUT2D eigenvalue weighted by molar-refractivity contribution is 5.99. The Hall–Kier alpha value is -3.02. The zero-order valence-corrected chi connectivity index (χ0v) is 20.6. The second kappa shape index (κ2) is 5.96. The summed E-state index contributed by atoms with van der Waals surface area (Å²) < 4.78 is 3.20. The monoisotopic (exact) mass is 454 g/mol. The number of benzene rings is 1. The van der Waals surface area contributed by atoms with Crippen molar-refractivity contribution in [3.63, 3.8) is 0 Å². The molecule has 2 fully saturated rings. The molecule has 4 aliphatic rings. The lowest BCUT2D eigenvalue weighted by Crippen LogP contribution is -2.19. The zero-order chi connectivity index (χ0) is 23.9. The zero-order valence-electron chi connectivity index (χ0n) is 20.6. The van der Waals surface area contributed by atoms with Crippen LogP contribution >= 0.6 is 0 Å². The smallest absolute Gasteiger partial charge is 0.267 e. The van der Waals surface area contributed by atoms with Gasteiger partial charge >= 0.3 is 0 Å². The summed E-state index contributed by atoms with van der Waals surface area (Å²) in [7, 11) is 0. The van der Waals surface area contributed by atoms with Crippen molar-refractivity contribution in [3.05, 3.63) is 69.3 Å². The van der Waals surface area contributed by atoms with Crippen molar-refractivity contribution in [1.29, 1.82) is 0 Å². The van der Waals surface area contributed by atoms with Gasteiger partial charge in [-0.2, -0.15) is 10.2 Å². The molecule has 0 N–H and O–H groups in total. The second-order valence-corrected chi connectivity index (χ2v) is 12.1. The first-order chi connectivity index (χ1) is 16.0. The van der Waals surface area contributed by atoms with E-state index in [0.717, 1.165) is 35.6 Å². The average molecular weight is 455 g/mol. The third-order valence-electron chi connectivity index (χ3n) is 9.73. The molecular weight excluding hydrogens is 424 g/mol. The van der Waals surface area contributed by atoms with Crippen LogP contribution < -0.4 is 0 Å². The molecule has 7 rings (SSSR count). The van der Waals surface area contributed by atoms with Gasteiger partial charge in [-0.1, -0.05) is 27.7 Å². The predicted molar refractivity (Wildman–Crippen MR) is 127 cm³/mol. The van der Waals surface area contributed by atoms with Gasteiger partial charge in [0.05, 0.1) is 22.8 Å². The Labute approximate surface area is 199 Å². The number of hydrogen-bond acceptors (Lipinski definition) is 4. The third kappa shape index (κ3) is 2.32. The first kappa shape index (κ1) is 20.4. The highest BCUT2D eigenvalue weighted by Gasteiger charge is 2.65. The van der Waals surface area contributed by atoms with E-state index in [2.05, 4.69) is 37.9 Å². The fourth-order valence-electron chi connectivity index (χ4n) is 7.53. The SMILES string of the molecule is Cc1nn(C(=O)c2ccc(C(=O)n3nc(C)c4c3C[C@@H]3[C@@H]4C3(C)C)cc2)c2c1[C@@H]1[C@@H](C2)C1(C)C. The lowest BCUT2D eigenvalue weighted by molar-refractivity contribution is 0.0929. The van der Waals surface area contributed by atoms with E-state index in [9.17, 15) is 9.59 Å². The van der Waals surface area contributed by atoms with Gasteiger partial charge in [0.15, 0.2) is 0 Å². The number of carbonyl (C=O) groups excluding carboxylic acids is 2. The Morgan fingerprint density at radius 1 is 0.735 bits per heavy atom. The molecule has 6 nitrogen and oxygen atoms in total. The molecule has 4 aliphatic carbocycles. The van der Waals surface area contributed by atoms with Crippen LogP contribution in [-0.2, 0) is 12.8 Å². The van der Waals surface area contributed by atoms with Gasteiger partial charge in [0.1, 0.15) is 0 Å². The summed E-state index contributed by atoms with van der Waals surface area (Å²) in [6.07, 6.45) is 1.83. The molecular formula is C28H30N4O2. The van der Waals surface area contributed by atoms with E-state index in [1.807, 2.05) is 13.8 Å². The molecule has 0 aliphatic heterocycles. The minimum atomic E-state index is -0.124. The largest absolute Gasteiger partial charge is 0.278 e. The van der Waals surface area contributed by atoms with Crippen molar-refractivity contribution in [2.24, 2.45) is 22.7 Å². The third-order valence-corrected chi connectivity index (χ3v) is 9.73. The number of aryl methyl sites for hydroxylation is 2. The van der Waals surface area contributed by atoms with Crippen LogP contribution in [0, 0.1) is 36.5 Å². The summed E-state index contributed by atoms with van der Waals surface area (Å²) in [5.74, 6) is 2.05. The summed E-state index contributed by atoms with van der Waals surface area (Å²) in [5, 5.41) is 9.21. The van der Waals surface area contributed by atoms with Crippen molar-refractivity contribution in [3.8, 4) is 0 Å². The molecule has 6 heteroatoms. The number of nitrogens with zero attached hydrogens (tertiary/aromatic N) is 4. The van der Waals surface area contributed by atoms with Crippen molar-refractivity contribution < 1.29 is 9.59 Å². The van der Waals surface area contributed by atoms with Crippen LogP contribution in [0.3, 0.4) is 0 Å². The number of rotatable bonds is 2. The Morgan fingerprint density at radius 2 is 1.09 bits per heavy atom. The van der Waals surface area contributed by atoms with Crippen molar-refractivity contribution in [2.45, 2.75) is 66.2 Å². The topological polar surface area (TPSA) is 69.8 Å². The molecule has 174 valence electrons.